The molecule has 4 saturated carbocycles. The summed E-state index contributed by atoms with van der Waals surface area (Å²) >= 11 is 0. The lowest BCUT2D eigenvalue weighted by Gasteiger charge is -2.62. The summed E-state index contributed by atoms with van der Waals surface area (Å²) in [5.74, 6) is 6.71. The Kier molecular flexibility index (Phi) is 7.63. The fourth-order valence-corrected chi connectivity index (χ4v) is 10.3. The van der Waals surface area contributed by atoms with Crippen LogP contribution in [0.3, 0.4) is 0 Å². The summed E-state index contributed by atoms with van der Waals surface area (Å²) in [5, 5.41) is 0. The van der Waals surface area contributed by atoms with E-state index < -0.39 is 0 Å². The molecule has 0 radical (unpaired) electrons. The van der Waals surface area contributed by atoms with Gasteiger partial charge >= 0.3 is 5.97 Å². The average Bonchev–Trinajstić information content (AvgIpc) is 3.11. The summed E-state index contributed by atoms with van der Waals surface area (Å²) in [6.45, 7) is 16.7. The molecule has 4 aliphatic carbocycles. The zero-order valence-corrected chi connectivity index (χ0v) is 23.0. The third-order valence-electron chi connectivity index (χ3n) is 12.2. The molecule has 0 aromatic carbocycles. The van der Waals surface area contributed by atoms with Crippen molar-refractivity contribution in [1.29, 1.82) is 0 Å². The van der Waals surface area contributed by atoms with Gasteiger partial charge in [-0.2, -0.15) is 0 Å². The monoisotopic (exact) mass is 458 g/mol. The molecule has 0 spiro atoms. The predicted molar refractivity (Wildman–Crippen MR) is 138 cm³/mol. The summed E-state index contributed by atoms with van der Waals surface area (Å²) in [7, 11) is 0. The Morgan fingerprint density at radius 3 is 2.36 bits per heavy atom. The number of fused-ring (bicyclic) bond motifs is 5. The molecule has 2 unspecified atom stereocenters. The Balaban J connectivity index is 1.50. The molecule has 0 aromatic rings. The first-order valence-corrected chi connectivity index (χ1v) is 14.8. The maximum absolute atomic E-state index is 12.0. The van der Waals surface area contributed by atoms with Crippen LogP contribution in [0.2, 0.25) is 0 Å². The predicted octanol–water partition coefficient (Wildman–Crippen LogP) is 8.68. The number of hydrogen-bond donors (Lipinski definition) is 0. The number of hydrogen-bond acceptors (Lipinski definition) is 2. The smallest absolute Gasteiger partial charge is 0.302 e. The van der Waals surface area contributed by atoms with Gasteiger partial charge in [-0.1, -0.05) is 54.4 Å². The zero-order valence-electron chi connectivity index (χ0n) is 23.0. The second-order valence-corrected chi connectivity index (χ2v) is 13.7. The molecule has 2 heteroatoms. The van der Waals surface area contributed by atoms with E-state index in [0.29, 0.717) is 5.41 Å². The van der Waals surface area contributed by atoms with Crippen molar-refractivity contribution < 1.29 is 9.53 Å². The van der Waals surface area contributed by atoms with Gasteiger partial charge in [-0.05, 0) is 117 Å². The van der Waals surface area contributed by atoms with E-state index in [0.717, 1.165) is 53.8 Å². The average molecular weight is 459 g/mol. The van der Waals surface area contributed by atoms with Crippen LogP contribution in [-0.4, -0.2) is 12.1 Å². The van der Waals surface area contributed by atoms with E-state index >= 15 is 0 Å². The van der Waals surface area contributed by atoms with Gasteiger partial charge in [0.05, 0.1) is 0 Å². The summed E-state index contributed by atoms with van der Waals surface area (Å²) in [4.78, 5) is 12.0. The number of carbonyl (C=O) groups is 1. The molecular formula is C31H54O2. The summed E-state index contributed by atoms with van der Waals surface area (Å²) < 4.78 is 6.05. The van der Waals surface area contributed by atoms with Crippen LogP contribution in [0.15, 0.2) is 0 Å². The first-order valence-electron chi connectivity index (χ1n) is 14.8. The Morgan fingerprint density at radius 1 is 0.939 bits per heavy atom. The molecule has 0 saturated heterocycles. The van der Waals surface area contributed by atoms with Crippen LogP contribution in [0.25, 0.3) is 0 Å². The van der Waals surface area contributed by atoms with Crippen molar-refractivity contribution in [3.63, 3.8) is 0 Å². The van der Waals surface area contributed by atoms with E-state index in [2.05, 4.69) is 41.5 Å². The lowest BCUT2D eigenvalue weighted by molar-refractivity contribution is -0.190. The minimum atomic E-state index is -0.0637. The lowest BCUT2D eigenvalue weighted by atomic mass is 9.44. The summed E-state index contributed by atoms with van der Waals surface area (Å²) in [5.41, 5.74) is 0.748. The first-order chi connectivity index (χ1) is 15.6. The van der Waals surface area contributed by atoms with Crippen molar-refractivity contribution in [3.05, 3.63) is 0 Å². The van der Waals surface area contributed by atoms with E-state index in [4.69, 9.17) is 4.74 Å². The Bertz CT molecular complexity index is 684. The highest BCUT2D eigenvalue weighted by Crippen LogP contribution is 2.68. The van der Waals surface area contributed by atoms with E-state index in [1.807, 2.05) is 0 Å². The Hall–Kier alpha value is -0.530. The molecule has 4 fully saturated rings. The van der Waals surface area contributed by atoms with Crippen molar-refractivity contribution >= 4 is 5.97 Å². The Morgan fingerprint density at radius 2 is 1.70 bits per heavy atom. The number of rotatable bonds is 7. The number of carbonyl (C=O) groups excluding carboxylic acids is 1. The Labute approximate surface area is 205 Å². The standard InChI is InChI=1S/C31H54O2/c1-8-23(20(2)3)13-12-21(4)26-16-17-27-25-15-14-24-10-9-11-29(33-22(5)32)31(24,7)28(25)18-19-30(26,27)6/h20-21,23-29H,8-19H2,1-7H3/t21-,23-,24?,25+,26-,27+,28+,29?,30-,31+/m1/s1. The van der Waals surface area contributed by atoms with Gasteiger partial charge in [0.15, 0.2) is 0 Å². The van der Waals surface area contributed by atoms with Crippen molar-refractivity contribution in [2.24, 2.45) is 58.2 Å². The van der Waals surface area contributed by atoms with Gasteiger partial charge in [0, 0.05) is 12.3 Å². The molecule has 33 heavy (non-hydrogen) atoms. The molecule has 2 nitrogen and oxygen atoms in total. The van der Waals surface area contributed by atoms with Crippen LogP contribution < -0.4 is 0 Å². The van der Waals surface area contributed by atoms with Crippen LogP contribution in [0, 0.1) is 58.2 Å². The quantitative estimate of drug-likeness (QED) is 0.357. The van der Waals surface area contributed by atoms with Gasteiger partial charge in [0.2, 0.25) is 0 Å². The minimum Gasteiger partial charge on any atom is -0.462 e. The molecule has 0 amide bonds. The fourth-order valence-electron chi connectivity index (χ4n) is 10.3. The van der Waals surface area contributed by atoms with Crippen molar-refractivity contribution in [2.45, 2.75) is 132 Å². The molecule has 0 aromatic heterocycles. The number of esters is 1. The van der Waals surface area contributed by atoms with Gasteiger partial charge in [0.25, 0.3) is 0 Å². The summed E-state index contributed by atoms with van der Waals surface area (Å²) in [6.07, 6.45) is 16.5. The van der Waals surface area contributed by atoms with Gasteiger partial charge in [-0.25, -0.2) is 0 Å². The van der Waals surface area contributed by atoms with Crippen LogP contribution in [0.1, 0.15) is 126 Å². The largest absolute Gasteiger partial charge is 0.462 e. The highest BCUT2D eigenvalue weighted by atomic mass is 16.5. The molecular weight excluding hydrogens is 404 g/mol. The highest BCUT2D eigenvalue weighted by molar-refractivity contribution is 5.66. The van der Waals surface area contributed by atoms with Crippen molar-refractivity contribution in [3.8, 4) is 0 Å². The van der Waals surface area contributed by atoms with Gasteiger partial charge in [-0.15, -0.1) is 0 Å². The van der Waals surface area contributed by atoms with Gasteiger partial charge in [-0.3, -0.25) is 4.79 Å². The minimum absolute atomic E-state index is 0.0637. The molecule has 0 bridgehead atoms. The van der Waals surface area contributed by atoms with Gasteiger partial charge < -0.3 is 4.74 Å². The van der Waals surface area contributed by atoms with Crippen LogP contribution in [0.5, 0.6) is 0 Å². The van der Waals surface area contributed by atoms with Crippen molar-refractivity contribution in [1.82, 2.24) is 0 Å². The fraction of sp³-hybridized carbons (Fsp3) is 0.968. The van der Waals surface area contributed by atoms with E-state index in [1.165, 1.54) is 70.6 Å². The van der Waals surface area contributed by atoms with Crippen molar-refractivity contribution in [2.75, 3.05) is 0 Å². The second kappa shape index (κ2) is 9.85. The third-order valence-corrected chi connectivity index (χ3v) is 12.2. The van der Waals surface area contributed by atoms with Crippen LogP contribution in [-0.2, 0) is 9.53 Å². The van der Waals surface area contributed by atoms with Crippen LogP contribution >= 0.6 is 0 Å². The first kappa shape index (κ1) is 25.6. The van der Waals surface area contributed by atoms with E-state index in [-0.39, 0.29) is 17.5 Å². The maximum atomic E-state index is 12.0. The lowest BCUT2D eigenvalue weighted by Crippen LogP contribution is -2.58. The highest BCUT2D eigenvalue weighted by Gasteiger charge is 2.62. The van der Waals surface area contributed by atoms with Gasteiger partial charge in [0.1, 0.15) is 6.10 Å². The van der Waals surface area contributed by atoms with E-state index in [9.17, 15) is 4.79 Å². The number of ether oxygens (including phenoxy) is 1. The second-order valence-electron chi connectivity index (χ2n) is 13.7. The molecule has 190 valence electrons. The molecule has 10 atom stereocenters. The normalized spacial score (nSPS) is 44.5. The zero-order chi connectivity index (χ0) is 24.0. The van der Waals surface area contributed by atoms with E-state index in [1.54, 1.807) is 6.92 Å². The molecule has 0 heterocycles. The summed E-state index contributed by atoms with van der Waals surface area (Å²) in [6, 6.07) is 0. The third kappa shape index (κ3) is 4.44. The topological polar surface area (TPSA) is 26.3 Å². The molecule has 0 N–H and O–H groups in total. The molecule has 4 aliphatic rings. The molecule has 4 rings (SSSR count). The van der Waals surface area contributed by atoms with Crippen LogP contribution in [0.4, 0.5) is 0 Å². The maximum Gasteiger partial charge on any atom is 0.302 e. The SMILES string of the molecule is CC[C@H](CC[C@@H](C)[C@H]1CC[C@H]2[C@@H]3CCC4CCCC(OC(C)=O)[C@]4(C)[C@H]3CC[C@]12C)C(C)C. The molecule has 0 aliphatic heterocycles.